The minimum absolute atomic E-state index is 0.279. The fourth-order valence-corrected chi connectivity index (χ4v) is 3.04. The van der Waals surface area contributed by atoms with Crippen LogP contribution in [-0.4, -0.2) is 15.4 Å². The van der Waals surface area contributed by atoms with Crippen LogP contribution in [0.1, 0.15) is 30.1 Å². The molecule has 1 atom stereocenters. The molecule has 0 aliphatic carbocycles. The van der Waals surface area contributed by atoms with Crippen LogP contribution in [-0.2, 0) is 12.8 Å². The normalized spacial score (nSPS) is 12.9. The number of para-hydroxylation sites is 1. The Morgan fingerprint density at radius 1 is 1.29 bits per heavy atom. The fourth-order valence-electron chi connectivity index (χ4n) is 2.87. The standard InChI is InChI=1S/C17H19ClN2O/c1-12-5-3-7-15-17(12)19-16(8-9-18)20(15)13(2)11-14-6-4-10-21-14/h3-7,10,13H,8-9,11H2,1-2H3. The van der Waals surface area contributed by atoms with Crippen LogP contribution in [0.3, 0.4) is 0 Å². The third kappa shape index (κ3) is 2.70. The summed E-state index contributed by atoms with van der Waals surface area (Å²) in [6.45, 7) is 4.30. The van der Waals surface area contributed by atoms with E-state index in [1.165, 1.54) is 11.1 Å². The van der Waals surface area contributed by atoms with Gasteiger partial charge >= 0.3 is 0 Å². The molecule has 0 spiro atoms. The van der Waals surface area contributed by atoms with Gasteiger partial charge in [-0.25, -0.2) is 4.98 Å². The number of rotatable bonds is 5. The molecule has 2 aromatic heterocycles. The number of hydrogen-bond acceptors (Lipinski definition) is 2. The first-order valence-corrected chi connectivity index (χ1v) is 7.79. The number of alkyl halides is 1. The van der Waals surface area contributed by atoms with Crippen LogP contribution in [0.2, 0.25) is 0 Å². The number of hydrogen-bond donors (Lipinski definition) is 0. The number of aryl methyl sites for hydroxylation is 2. The molecule has 0 N–H and O–H groups in total. The zero-order chi connectivity index (χ0) is 14.8. The number of fused-ring (bicyclic) bond motifs is 1. The van der Waals surface area contributed by atoms with E-state index in [2.05, 4.69) is 36.6 Å². The molecule has 1 unspecified atom stereocenters. The summed E-state index contributed by atoms with van der Waals surface area (Å²) in [4.78, 5) is 4.80. The Hall–Kier alpha value is -1.74. The molecule has 0 aliphatic heterocycles. The van der Waals surface area contributed by atoms with Crippen molar-refractivity contribution in [3.63, 3.8) is 0 Å². The minimum Gasteiger partial charge on any atom is -0.469 e. The van der Waals surface area contributed by atoms with Gasteiger partial charge in [0.05, 0.1) is 17.3 Å². The van der Waals surface area contributed by atoms with Gasteiger partial charge in [-0.05, 0) is 37.6 Å². The van der Waals surface area contributed by atoms with Crippen molar-refractivity contribution < 1.29 is 4.42 Å². The predicted octanol–water partition coefficient (Wildman–Crippen LogP) is 4.52. The average molecular weight is 303 g/mol. The summed E-state index contributed by atoms with van der Waals surface area (Å²) in [6, 6.07) is 10.5. The third-order valence-corrected chi connectivity index (χ3v) is 4.02. The Bertz CT molecular complexity index is 731. The van der Waals surface area contributed by atoms with Crippen LogP contribution in [0.5, 0.6) is 0 Å². The van der Waals surface area contributed by atoms with Gasteiger partial charge < -0.3 is 8.98 Å². The highest BCUT2D eigenvalue weighted by atomic mass is 35.5. The van der Waals surface area contributed by atoms with E-state index in [9.17, 15) is 0 Å². The molecule has 0 radical (unpaired) electrons. The zero-order valence-corrected chi connectivity index (χ0v) is 13.1. The lowest BCUT2D eigenvalue weighted by atomic mass is 10.1. The van der Waals surface area contributed by atoms with Gasteiger partial charge in [0, 0.05) is 24.8 Å². The maximum atomic E-state index is 5.95. The Balaban J connectivity index is 2.06. The minimum atomic E-state index is 0.279. The van der Waals surface area contributed by atoms with Gasteiger partial charge in [-0.2, -0.15) is 0 Å². The molecule has 21 heavy (non-hydrogen) atoms. The van der Waals surface area contributed by atoms with Crippen molar-refractivity contribution in [2.45, 2.75) is 32.7 Å². The van der Waals surface area contributed by atoms with E-state index in [0.717, 1.165) is 29.9 Å². The van der Waals surface area contributed by atoms with Crippen molar-refractivity contribution in [1.82, 2.24) is 9.55 Å². The second-order valence-corrected chi connectivity index (χ2v) is 5.79. The molecule has 3 nitrogen and oxygen atoms in total. The maximum absolute atomic E-state index is 5.95. The molecule has 0 fully saturated rings. The number of halogens is 1. The smallest absolute Gasteiger partial charge is 0.111 e. The predicted molar refractivity (Wildman–Crippen MR) is 86.0 cm³/mol. The Morgan fingerprint density at radius 2 is 2.14 bits per heavy atom. The lowest BCUT2D eigenvalue weighted by Gasteiger charge is -2.16. The molecular formula is C17H19ClN2O. The topological polar surface area (TPSA) is 31.0 Å². The highest BCUT2D eigenvalue weighted by Crippen LogP contribution is 2.26. The summed E-state index contributed by atoms with van der Waals surface area (Å²) in [5.41, 5.74) is 3.45. The first kappa shape index (κ1) is 14.2. The second kappa shape index (κ2) is 5.94. The van der Waals surface area contributed by atoms with Crippen molar-refractivity contribution in [2.24, 2.45) is 0 Å². The Morgan fingerprint density at radius 3 is 2.86 bits per heavy atom. The van der Waals surface area contributed by atoms with Crippen LogP contribution in [0.25, 0.3) is 11.0 Å². The largest absolute Gasteiger partial charge is 0.469 e. The van der Waals surface area contributed by atoms with E-state index in [0.29, 0.717) is 5.88 Å². The van der Waals surface area contributed by atoms with E-state index in [-0.39, 0.29) is 6.04 Å². The van der Waals surface area contributed by atoms with E-state index in [1.807, 2.05) is 12.1 Å². The van der Waals surface area contributed by atoms with Gasteiger partial charge in [0.25, 0.3) is 0 Å². The molecule has 2 heterocycles. The second-order valence-electron chi connectivity index (χ2n) is 5.41. The Labute approximate surface area is 129 Å². The Kier molecular flexibility index (Phi) is 4.02. The first-order chi connectivity index (χ1) is 10.2. The highest BCUT2D eigenvalue weighted by Gasteiger charge is 2.17. The summed E-state index contributed by atoms with van der Waals surface area (Å²) < 4.78 is 7.78. The molecule has 0 saturated heterocycles. The first-order valence-electron chi connectivity index (χ1n) is 7.25. The number of benzene rings is 1. The van der Waals surface area contributed by atoms with Crippen molar-refractivity contribution in [1.29, 1.82) is 0 Å². The van der Waals surface area contributed by atoms with E-state index in [4.69, 9.17) is 21.0 Å². The summed E-state index contributed by atoms with van der Waals surface area (Å²) in [6.07, 6.45) is 3.34. The van der Waals surface area contributed by atoms with E-state index >= 15 is 0 Å². The molecule has 0 bridgehead atoms. The van der Waals surface area contributed by atoms with Crippen molar-refractivity contribution in [2.75, 3.05) is 5.88 Å². The molecule has 3 aromatic rings. The zero-order valence-electron chi connectivity index (χ0n) is 12.3. The van der Waals surface area contributed by atoms with Gasteiger partial charge in [0.15, 0.2) is 0 Å². The highest BCUT2D eigenvalue weighted by molar-refractivity contribution is 6.17. The molecule has 0 amide bonds. The molecular weight excluding hydrogens is 284 g/mol. The van der Waals surface area contributed by atoms with Crippen molar-refractivity contribution in [3.05, 3.63) is 53.7 Å². The monoisotopic (exact) mass is 302 g/mol. The van der Waals surface area contributed by atoms with Crippen molar-refractivity contribution in [3.8, 4) is 0 Å². The number of furan rings is 1. The number of nitrogens with zero attached hydrogens (tertiary/aromatic N) is 2. The van der Waals surface area contributed by atoms with Gasteiger partial charge in [-0.3, -0.25) is 0 Å². The number of imidazole rings is 1. The molecule has 3 rings (SSSR count). The van der Waals surface area contributed by atoms with E-state index < -0.39 is 0 Å². The summed E-state index contributed by atoms with van der Waals surface area (Å²) in [5, 5.41) is 0. The fraction of sp³-hybridized carbons (Fsp3) is 0.353. The summed E-state index contributed by atoms with van der Waals surface area (Å²) >= 11 is 5.95. The SMILES string of the molecule is Cc1cccc2c1nc(CCCl)n2C(C)Cc1ccco1. The lowest BCUT2D eigenvalue weighted by Crippen LogP contribution is -2.12. The van der Waals surface area contributed by atoms with Crippen LogP contribution in [0.15, 0.2) is 41.0 Å². The molecule has 110 valence electrons. The van der Waals surface area contributed by atoms with Crippen LogP contribution < -0.4 is 0 Å². The van der Waals surface area contributed by atoms with Gasteiger partial charge in [-0.1, -0.05) is 12.1 Å². The molecule has 4 heteroatoms. The number of aromatic nitrogens is 2. The molecule has 0 aliphatic rings. The summed E-state index contributed by atoms with van der Waals surface area (Å²) in [5.74, 6) is 2.62. The average Bonchev–Trinajstić information content (AvgIpc) is 3.07. The van der Waals surface area contributed by atoms with E-state index in [1.54, 1.807) is 6.26 Å². The quantitative estimate of drug-likeness (QED) is 0.649. The van der Waals surface area contributed by atoms with Crippen LogP contribution in [0, 0.1) is 6.92 Å². The lowest BCUT2D eigenvalue weighted by molar-refractivity contribution is 0.447. The van der Waals surface area contributed by atoms with Crippen LogP contribution in [0.4, 0.5) is 0 Å². The van der Waals surface area contributed by atoms with Crippen LogP contribution >= 0.6 is 11.6 Å². The third-order valence-electron chi connectivity index (χ3n) is 3.83. The van der Waals surface area contributed by atoms with Crippen molar-refractivity contribution >= 4 is 22.6 Å². The van der Waals surface area contributed by atoms with Gasteiger partial charge in [-0.15, -0.1) is 11.6 Å². The van der Waals surface area contributed by atoms with Gasteiger partial charge in [0.2, 0.25) is 0 Å². The van der Waals surface area contributed by atoms with Gasteiger partial charge in [0.1, 0.15) is 11.6 Å². The molecule has 1 aromatic carbocycles. The maximum Gasteiger partial charge on any atom is 0.111 e. The molecule has 0 saturated carbocycles. The summed E-state index contributed by atoms with van der Waals surface area (Å²) in [7, 11) is 0.